The van der Waals surface area contributed by atoms with E-state index in [4.69, 9.17) is 4.74 Å². The molecule has 0 bridgehead atoms. The molecule has 0 aromatic carbocycles. The monoisotopic (exact) mass is 342 g/mol. The third kappa shape index (κ3) is 4.70. The number of pyridine rings is 1. The summed E-state index contributed by atoms with van der Waals surface area (Å²) in [6, 6.07) is 6.21. The normalized spacial score (nSPS) is 19.4. The molecule has 1 amide bonds. The molecule has 0 radical (unpaired) electrons. The molecule has 1 N–H and O–H groups in total. The van der Waals surface area contributed by atoms with E-state index in [1.807, 2.05) is 19.1 Å². The molecule has 2 fully saturated rings. The van der Waals surface area contributed by atoms with Gasteiger partial charge in [0.15, 0.2) is 0 Å². The van der Waals surface area contributed by atoms with Crippen LogP contribution in [0.1, 0.15) is 43.4 Å². The van der Waals surface area contributed by atoms with Crippen LogP contribution in [0.4, 0.5) is 5.82 Å². The average Bonchev–Trinajstić information content (AvgIpc) is 2.63. The fraction of sp³-hybridized carbons (Fsp3) is 0.632. The molecule has 0 spiro atoms. The number of carbonyl (C=O) groups is 1. The predicted molar refractivity (Wildman–Crippen MR) is 95.2 cm³/mol. The topological polar surface area (TPSA) is 78.2 Å². The minimum absolute atomic E-state index is 0.164. The molecule has 0 aliphatic carbocycles. The first-order valence-corrected chi connectivity index (χ1v) is 9.15. The van der Waals surface area contributed by atoms with Crippen molar-refractivity contribution in [1.82, 2.24) is 10.3 Å². The Labute approximate surface area is 149 Å². The van der Waals surface area contributed by atoms with Gasteiger partial charge in [-0.15, -0.1) is 0 Å². The first-order chi connectivity index (χ1) is 12.2. The smallest absolute Gasteiger partial charge is 0.220 e. The Bertz CT molecular complexity index is 641. The predicted octanol–water partition coefficient (Wildman–Crippen LogP) is 2.16. The molecule has 3 heterocycles. The van der Waals surface area contributed by atoms with Crippen molar-refractivity contribution in [3.05, 3.63) is 23.4 Å². The Morgan fingerprint density at radius 1 is 1.32 bits per heavy atom. The molecule has 1 aromatic heterocycles. The van der Waals surface area contributed by atoms with Crippen LogP contribution in [-0.2, 0) is 9.53 Å². The lowest BCUT2D eigenvalue weighted by atomic mass is 9.92. The van der Waals surface area contributed by atoms with E-state index < -0.39 is 0 Å². The summed E-state index contributed by atoms with van der Waals surface area (Å²) in [5.41, 5.74) is 1.55. The summed E-state index contributed by atoms with van der Waals surface area (Å²) >= 11 is 0. The standard InChI is InChI=1S/C19H26N4O2/c1-14-2-3-16(13-20)19(21-14)23-8-4-15(5-9-23)12-18(24)22-17-6-10-25-11-7-17/h2-3,15,17H,4-12H2,1H3,(H,22,24). The molecule has 2 aliphatic heterocycles. The minimum atomic E-state index is 0.164. The van der Waals surface area contributed by atoms with Gasteiger partial charge in [-0.05, 0) is 50.7 Å². The van der Waals surface area contributed by atoms with Crippen LogP contribution < -0.4 is 10.2 Å². The third-order valence-corrected chi connectivity index (χ3v) is 5.11. The molecule has 6 heteroatoms. The number of aromatic nitrogens is 1. The first kappa shape index (κ1) is 17.7. The molecule has 0 atom stereocenters. The lowest BCUT2D eigenvalue weighted by Gasteiger charge is -2.33. The molecule has 0 saturated carbocycles. The number of nitrogens with zero attached hydrogens (tertiary/aromatic N) is 3. The van der Waals surface area contributed by atoms with E-state index >= 15 is 0 Å². The molecule has 6 nitrogen and oxygen atoms in total. The van der Waals surface area contributed by atoms with Crippen LogP contribution in [0.3, 0.4) is 0 Å². The fourth-order valence-corrected chi connectivity index (χ4v) is 3.61. The number of piperidine rings is 1. The van der Waals surface area contributed by atoms with Gasteiger partial charge in [0.25, 0.3) is 0 Å². The summed E-state index contributed by atoms with van der Waals surface area (Å²) in [4.78, 5) is 19.0. The van der Waals surface area contributed by atoms with E-state index in [0.717, 1.165) is 63.5 Å². The molecule has 25 heavy (non-hydrogen) atoms. The Morgan fingerprint density at radius 2 is 2.04 bits per heavy atom. The van der Waals surface area contributed by atoms with Crippen LogP contribution in [0.2, 0.25) is 0 Å². The highest BCUT2D eigenvalue weighted by Gasteiger charge is 2.25. The Morgan fingerprint density at radius 3 is 2.72 bits per heavy atom. The van der Waals surface area contributed by atoms with E-state index in [1.165, 1.54) is 0 Å². The number of amides is 1. The number of rotatable bonds is 4. The third-order valence-electron chi connectivity index (χ3n) is 5.11. The fourth-order valence-electron chi connectivity index (χ4n) is 3.61. The van der Waals surface area contributed by atoms with Crippen molar-refractivity contribution in [2.45, 2.75) is 45.1 Å². The number of nitriles is 1. The van der Waals surface area contributed by atoms with Gasteiger partial charge in [-0.2, -0.15) is 5.26 Å². The summed E-state index contributed by atoms with van der Waals surface area (Å²) in [6.07, 6.45) is 4.35. The van der Waals surface area contributed by atoms with E-state index in [2.05, 4.69) is 21.3 Å². The zero-order valence-electron chi connectivity index (χ0n) is 14.8. The molecular formula is C19H26N4O2. The van der Waals surface area contributed by atoms with E-state index in [-0.39, 0.29) is 11.9 Å². The zero-order chi connectivity index (χ0) is 17.6. The molecule has 1 aromatic rings. The number of aryl methyl sites for hydroxylation is 1. The molecule has 2 aliphatic rings. The van der Waals surface area contributed by atoms with Crippen molar-refractivity contribution in [1.29, 1.82) is 5.26 Å². The van der Waals surface area contributed by atoms with E-state index in [9.17, 15) is 10.1 Å². The summed E-state index contributed by atoms with van der Waals surface area (Å²) in [5, 5.41) is 12.4. The quantitative estimate of drug-likeness (QED) is 0.907. The van der Waals surface area contributed by atoms with Gasteiger partial charge in [-0.1, -0.05) is 0 Å². The maximum absolute atomic E-state index is 12.3. The Balaban J connectivity index is 1.49. The lowest BCUT2D eigenvalue weighted by Crippen LogP contribution is -2.41. The van der Waals surface area contributed by atoms with Gasteiger partial charge < -0.3 is 15.0 Å². The zero-order valence-corrected chi connectivity index (χ0v) is 14.8. The van der Waals surface area contributed by atoms with Crippen molar-refractivity contribution in [2.75, 3.05) is 31.2 Å². The van der Waals surface area contributed by atoms with Gasteiger partial charge in [0.05, 0.1) is 5.56 Å². The highest BCUT2D eigenvalue weighted by atomic mass is 16.5. The maximum Gasteiger partial charge on any atom is 0.220 e. The average molecular weight is 342 g/mol. The summed E-state index contributed by atoms with van der Waals surface area (Å²) < 4.78 is 5.33. The SMILES string of the molecule is Cc1ccc(C#N)c(N2CCC(CC(=O)NC3CCOCC3)CC2)n1. The number of hydrogen-bond donors (Lipinski definition) is 1. The first-order valence-electron chi connectivity index (χ1n) is 9.15. The van der Waals surface area contributed by atoms with Crippen LogP contribution in [0.25, 0.3) is 0 Å². The van der Waals surface area contributed by atoms with Gasteiger partial charge in [0.1, 0.15) is 11.9 Å². The second-order valence-electron chi connectivity index (χ2n) is 7.02. The summed E-state index contributed by atoms with van der Waals surface area (Å²) in [6.45, 7) is 5.13. The summed E-state index contributed by atoms with van der Waals surface area (Å²) in [5.74, 6) is 1.36. The highest BCUT2D eigenvalue weighted by molar-refractivity contribution is 5.76. The van der Waals surface area contributed by atoms with Crippen molar-refractivity contribution in [3.8, 4) is 6.07 Å². The molecule has 3 rings (SSSR count). The largest absolute Gasteiger partial charge is 0.381 e. The Kier molecular flexibility index (Phi) is 5.87. The molecule has 0 unspecified atom stereocenters. The number of carbonyl (C=O) groups excluding carboxylic acids is 1. The minimum Gasteiger partial charge on any atom is -0.381 e. The van der Waals surface area contributed by atoms with Crippen LogP contribution in [-0.4, -0.2) is 43.2 Å². The highest BCUT2D eigenvalue weighted by Crippen LogP contribution is 2.26. The number of nitrogens with one attached hydrogen (secondary N) is 1. The number of anilines is 1. The number of hydrogen-bond acceptors (Lipinski definition) is 5. The van der Waals surface area contributed by atoms with Gasteiger partial charge in [0, 0.05) is 44.5 Å². The number of ether oxygens (including phenoxy) is 1. The molecule has 2 saturated heterocycles. The van der Waals surface area contributed by atoms with Crippen LogP contribution >= 0.6 is 0 Å². The lowest BCUT2D eigenvalue weighted by molar-refractivity contribution is -0.123. The second kappa shape index (κ2) is 8.30. The van der Waals surface area contributed by atoms with Gasteiger partial charge in [-0.3, -0.25) is 4.79 Å². The maximum atomic E-state index is 12.3. The second-order valence-corrected chi connectivity index (χ2v) is 7.02. The molecule has 134 valence electrons. The van der Waals surface area contributed by atoms with Crippen molar-refractivity contribution >= 4 is 11.7 Å². The van der Waals surface area contributed by atoms with Gasteiger partial charge >= 0.3 is 0 Å². The molecular weight excluding hydrogens is 316 g/mol. The van der Waals surface area contributed by atoms with Crippen LogP contribution in [0.15, 0.2) is 12.1 Å². The van der Waals surface area contributed by atoms with Gasteiger partial charge in [0.2, 0.25) is 5.91 Å². The van der Waals surface area contributed by atoms with Crippen LogP contribution in [0.5, 0.6) is 0 Å². The van der Waals surface area contributed by atoms with Crippen molar-refractivity contribution < 1.29 is 9.53 Å². The van der Waals surface area contributed by atoms with Gasteiger partial charge in [-0.25, -0.2) is 4.98 Å². The van der Waals surface area contributed by atoms with Crippen molar-refractivity contribution in [3.63, 3.8) is 0 Å². The summed E-state index contributed by atoms with van der Waals surface area (Å²) in [7, 11) is 0. The van der Waals surface area contributed by atoms with E-state index in [1.54, 1.807) is 0 Å². The van der Waals surface area contributed by atoms with Crippen molar-refractivity contribution in [2.24, 2.45) is 5.92 Å². The Hall–Kier alpha value is -2.13. The van der Waals surface area contributed by atoms with E-state index in [0.29, 0.717) is 17.9 Å². The van der Waals surface area contributed by atoms with Crippen LogP contribution in [0, 0.1) is 24.2 Å².